The molecule has 76 valence electrons. The van der Waals surface area contributed by atoms with Crippen LogP contribution in [-0.4, -0.2) is 12.4 Å². The van der Waals surface area contributed by atoms with Gasteiger partial charge in [0.05, 0.1) is 6.10 Å². The zero-order valence-electron chi connectivity index (χ0n) is 8.86. The molecule has 0 aromatic heterocycles. The van der Waals surface area contributed by atoms with Gasteiger partial charge < -0.3 is 9.47 Å². The van der Waals surface area contributed by atoms with Crippen LogP contribution in [0.15, 0.2) is 24.3 Å². The monoisotopic (exact) mass is 192 g/mol. The average molecular weight is 192 g/mol. The highest BCUT2D eigenvalue weighted by atomic mass is 16.7. The number of rotatable bonds is 1. The molecule has 0 bridgehead atoms. The molecule has 1 saturated heterocycles. The molecule has 0 aliphatic carbocycles. The Morgan fingerprint density at radius 2 is 1.79 bits per heavy atom. The van der Waals surface area contributed by atoms with Crippen LogP contribution >= 0.6 is 0 Å². The van der Waals surface area contributed by atoms with Gasteiger partial charge in [-0.2, -0.15) is 0 Å². The first-order valence-corrected chi connectivity index (χ1v) is 5.05. The Bertz CT molecular complexity index is 322. The summed E-state index contributed by atoms with van der Waals surface area (Å²) < 4.78 is 11.3. The van der Waals surface area contributed by atoms with Crippen molar-refractivity contribution in [2.24, 2.45) is 0 Å². The van der Waals surface area contributed by atoms with Crippen LogP contribution in [-0.2, 0) is 9.47 Å². The lowest BCUT2D eigenvalue weighted by atomic mass is 10.0. The van der Waals surface area contributed by atoms with Crippen LogP contribution in [0.4, 0.5) is 0 Å². The lowest BCUT2D eigenvalue weighted by molar-refractivity contribution is -0.0495. The van der Waals surface area contributed by atoms with Crippen LogP contribution in [0.1, 0.15) is 31.1 Å². The van der Waals surface area contributed by atoms with Crippen molar-refractivity contribution < 1.29 is 9.47 Å². The minimum Gasteiger partial charge on any atom is -0.347 e. The molecule has 14 heavy (non-hydrogen) atoms. The normalized spacial score (nSPS) is 32.1. The second-order valence-electron chi connectivity index (χ2n) is 3.82. The molecule has 3 atom stereocenters. The second-order valence-corrected chi connectivity index (χ2v) is 3.82. The van der Waals surface area contributed by atoms with Gasteiger partial charge in [0.1, 0.15) is 6.10 Å². The molecule has 1 aromatic rings. The zero-order valence-corrected chi connectivity index (χ0v) is 8.86. The standard InChI is InChI=1S/C12H16O2/c1-8-6-4-5-7-11(8)12-9(2)13-10(3)14-12/h4-7,9-10,12H,1-3H3/t9-,10?,12+/m1/s1. The van der Waals surface area contributed by atoms with Crippen LogP contribution in [0.2, 0.25) is 0 Å². The largest absolute Gasteiger partial charge is 0.347 e. The first kappa shape index (κ1) is 9.69. The second kappa shape index (κ2) is 3.71. The molecule has 0 spiro atoms. The van der Waals surface area contributed by atoms with Crippen molar-refractivity contribution in [1.82, 2.24) is 0 Å². The topological polar surface area (TPSA) is 18.5 Å². The maximum atomic E-state index is 5.72. The van der Waals surface area contributed by atoms with Gasteiger partial charge in [-0.25, -0.2) is 0 Å². The van der Waals surface area contributed by atoms with E-state index in [0.717, 1.165) is 0 Å². The fourth-order valence-corrected chi connectivity index (χ4v) is 1.96. The van der Waals surface area contributed by atoms with Crippen LogP contribution in [0.3, 0.4) is 0 Å². The SMILES string of the molecule is Cc1ccccc1[C@H]1OC(C)O[C@@H]1C. The van der Waals surface area contributed by atoms with Crippen LogP contribution < -0.4 is 0 Å². The molecule has 2 heteroatoms. The third-order valence-electron chi connectivity index (χ3n) is 2.67. The van der Waals surface area contributed by atoms with E-state index < -0.39 is 0 Å². The zero-order chi connectivity index (χ0) is 10.1. The summed E-state index contributed by atoms with van der Waals surface area (Å²) in [5, 5.41) is 0. The Balaban J connectivity index is 2.27. The highest BCUT2D eigenvalue weighted by molar-refractivity contribution is 5.28. The molecule has 1 aliphatic rings. The minimum absolute atomic E-state index is 0.0883. The molecule has 2 nitrogen and oxygen atoms in total. The number of hydrogen-bond acceptors (Lipinski definition) is 2. The van der Waals surface area contributed by atoms with E-state index in [0.29, 0.717) is 0 Å². The smallest absolute Gasteiger partial charge is 0.156 e. The summed E-state index contributed by atoms with van der Waals surface area (Å²) in [4.78, 5) is 0. The van der Waals surface area contributed by atoms with Crippen LogP contribution in [0.5, 0.6) is 0 Å². The quantitative estimate of drug-likeness (QED) is 0.681. The van der Waals surface area contributed by atoms with Gasteiger partial charge >= 0.3 is 0 Å². The maximum Gasteiger partial charge on any atom is 0.156 e. The van der Waals surface area contributed by atoms with Crippen molar-refractivity contribution in [3.63, 3.8) is 0 Å². The predicted octanol–water partition coefficient (Wildman–Crippen LogP) is 2.82. The number of benzene rings is 1. The Hall–Kier alpha value is -0.860. The Morgan fingerprint density at radius 1 is 1.07 bits per heavy atom. The van der Waals surface area contributed by atoms with Crippen LogP contribution in [0.25, 0.3) is 0 Å². The molecular weight excluding hydrogens is 176 g/mol. The molecule has 0 amide bonds. The van der Waals surface area contributed by atoms with Crippen molar-refractivity contribution in [1.29, 1.82) is 0 Å². The van der Waals surface area contributed by atoms with Gasteiger partial charge in [-0.05, 0) is 31.9 Å². The lowest BCUT2D eigenvalue weighted by Crippen LogP contribution is -2.11. The Morgan fingerprint density at radius 3 is 2.36 bits per heavy atom. The summed E-state index contributed by atoms with van der Waals surface area (Å²) in [6.45, 7) is 6.10. The van der Waals surface area contributed by atoms with Gasteiger partial charge in [0.25, 0.3) is 0 Å². The van der Waals surface area contributed by atoms with E-state index in [9.17, 15) is 0 Å². The summed E-state index contributed by atoms with van der Waals surface area (Å²) >= 11 is 0. The Kier molecular flexibility index (Phi) is 2.57. The summed E-state index contributed by atoms with van der Waals surface area (Å²) in [6.07, 6.45) is 0.145. The molecule has 0 saturated carbocycles. The molecule has 1 aliphatic heterocycles. The van der Waals surface area contributed by atoms with Gasteiger partial charge in [-0.1, -0.05) is 24.3 Å². The Labute approximate surface area is 84.8 Å². The van der Waals surface area contributed by atoms with Gasteiger partial charge in [-0.3, -0.25) is 0 Å². The number of ether oxygens (including phenoxy) is 2. The molecule has 1 aromatic carbocycles. The van der Waals surface area contributed by atoms with Crippen molar-refractivity contribution in [3.05, 3.63) is 35.4 Å². The van der Waals surface area contributed by atoms with Gasteiger partial charge in [0.15, 0.2) is 6.29 Å². The highest BCUT2D eigenvalue weighted by Gasteiger charge is 2.32. The fraction of sp³-hybridized carbons (Fsp3) is 0.500. The molecule has 0 N–H and O–H groups in total. The minimum atomic E-state index is -0.0883. The van der Waals surface area contributed by atoms with Crippen molar-refractivity contribution in [2.75, 3.05) is 0 Å². The predicted molar refractivity (Wildman–Crippen MR) is 55.0 cm³/mol. The van der Waals surface area contributed by atoms with Gasteiger partial charge in [0.2, 0.25) is 0 Å². The maximum absolute atomic E-state index is 5.72. The average Bonchev–Trinajstić information content (AvgIpc) is 2.46. The highest BCUT2D eigenvalue weighted by Crippen LogP contribution is 2.33. The van der Waals surface area contributed by atoms with E-state index in [4.69, 9.17) is 9.47 Å². The van der Waals surface area contributed by atoms with Gasteiger partial charge in [-0.15, -0.1) is 0 Å². The van der Waals surface area contributed by atoms with E-state index in [1.54, 1.807) is 0 Å². The summed E-state index contributed by atoms with van der Waals surface area (Å²) in [5.74, 6) is 0. The van der Waals surface area contributed by atoms with Crippen LogP contribution in [0, 0.1) is 6.92 Å². The lowest BCUT2D eigenvalue weighted by Gasteiger charge is -2.15. The molecule has 1 unspecified atom stereocenters. The third kappa shape index (κ3) is 1.68. The van der Waals surface area contributed by atoms with Crippen molar-refractivity contribution in [2.45, 2.75) is 39.3 Å². The number of aryl methyl sites for hydroxylation is 1. The van der Waals surface area contributed by atoms with E-state index >= 15 is 0 Å². The van der Waals surface area contributed by atoms with Crippen molar-refractivity contribution in [3.8, 4) is 0 Å². The first-order valence-electron chi connectivity index (χ1n) is 5.05. The molecular formula is C12H16O2. The molecule has 1 heterocycles. The number of hydrogen-bond donors (Lipinski definition) is 0. The van der Waals surface area contributed by atoms with E-state index in [1.807, 2.05) is 19.1 Å². The summed E-state index contributed by atoms with van der Waals surface area (Å²) in [6, 6.07) is 8.30. The molecule has 0 radical (unpaired) electrons. The first-order chi connectivity index (χ1) is 6.68. The van der Waals surface area contributed by atoms with Crippen molar-refractivity contribution >= 4 is 0 Å². The van der Waals surface area contributed by atoms with E-state index in [-0.39, 0.29) is 18.5 Å². The van der Waals surface area contributed by atoms with E-state index in [1.165, 1.54) is 11.1 Å². The fourth-order valence-electron chi connectivity index (χ4n) is 1.96. The molecule has 2 rings (SSSR count). The third-order valence-corrected chi connectivity index (χ3v) is 2.67. The summed E-state index contributed by atoms with van der Waals surface area (Å²) in [5.41, 5.74) is 2.51. The van der Waals surface area contributed by atoms with Gasteiger partial charge in [0, 0.05) is 0 Å². The summed E-state index contributed by atoms with van der Waals surface area (Å²) in [7, 11) is 0. The molecule has 1 fully saturated rings. The van der Waals surface area contributed by atoms with E-state index in [2.05, 4.69) is 26.0 Å².